The van der Waals surface area contributed by atoms with Gasteiger partial charge in [0.05, 0.1) is 6.54 Å². The number of aryl methyl sites for hydroxylation is 1. The summed E-state index contributed by atoms with van der Waals surface area (Å²) >= 11 is 0. The Morgan fingerprint density at radius 2 is 1.75 bits per heavy atom. The summed E-state index contributed by atoms with van der Waals surface area (Å²) < 4.78 is 5.15. The highest BCUT2D eigenvalue weighted by atomic mass is 16.5. The third-order valence-electron chi connectivity index (χ3n) is 2.58. The van der Waals surface area contributed by atoms with Gasteiger partial charge in [-0.2, -0.15) is 4.98 Å². The van der Waals surface area contributed by atoms with Crippen molar-refractivity contribution in [1.29, 1.82) is 0 Å². The van der Waals surface area contributed by atoms with Gasteiger partial charge < -0.3 is 4.52 Å². The molecule has 1 rings (SSSR count). The molecule has 0 spiro atoms. The standard InChI is InChI=1S/C12H23N3O/c1-4-6-8-15(9-7-5-2)10-12-13-11(3)14-16-12/h4-10H2,1-3H3. The fraction of sp³-hybridized carbons (Fsp3) is 0.833. The van der Waals surface area contributed by atoms with Gasteiger partial charge in [0.15, 0.2) is 5.82 Å². The second-order valence-electron chi connectivity index (χ2n) is 4.22. The molecule has 92 valence electrons. The molecule has 0 atom stereocenters. The van der Waals surface area contributed by atoms with Crippen LogP contribution < -0.4 is 0 Å². The Balaban J connectivity index is 2.41. The van der Waals surface area contributed by atoms with Crippen molar-refractivity contribution in [3.05, 3.63) is 11.7 Å². The van der Waals surface area contributed by atoms with E-state index >= 15 is 0 Å². The lowest BCUT2D eigenvalue weighted by molar-refractivity contribution is 0.220. The maximum atomic E-state index is 5.15. The lowest BCUT2D eigenvalue weighted by Gasteiger charge is -2.19. The minimum Gasteiger partial charge on any atom is -0.338 e. The van der Waals surface area contributed by atoms with E-state index in [-0.39, 0.29) is 0 Å². The van der Waals surface area contributed by atoms with Crippen LogP contribution in [0.3, 0.4) is 0 Å². The van der Waals surface area contributed by atoms with Gasteiger partial charge in [-0.25, -0.2) is 0 Å². The molecule has 0 aliphatic heterocycles. The first kappa shape index (κ1) is 13.2. The van der Waals surface area contributed by atoms with E-state index in [0.717, 1.165) is 31.3 Å². The molecule has 0 amide bonds. The van der Waals surface area contributed by atoms with Crippen molar-refractivity contribution >= 4 is 0 Å². The molecule has 16 heavy (non-hydrogen) atoms. The highest BCUT2D eigenvalue weighted by molar-refractivity contribution is 4.82. The van der Waals surface area contributed by atoms with Crippen LogP contribution in [0.1, 0.15) is 51.2 Å². The Kier molecular flexibility index (Phi) is 6.08. The Hall–Kier alpha value is -0.900. The van der Waals surface area contributed by atoms with Gasteiger partial charge >= 0.3 is 0 Å². The van der Waals surface area contributed by atoms with Gasteiger partial charge in [-0.1, -0.05) is 31.8 Å². The van der Waals surface area contributed by atoms with Gasteiger partial charge in [0.2, 0.25) is 5.89 Å². The van der Waals surface area contributed by atoms with Gasteiger partial charge in [0, 0.05) is 0 Å². The maximum Gasteiger partial charge on any atom is 0.240 e. The van der Waals surface area contributed by atoms with Crippen LogP contribution in [0, 0.1) is 6.92 Å². The van der Waals surface area contributed by atoms with Gasteiger partial charge in [-0.05, 0) is 32.9 Å². The first-order valence-electron chi connectivity index (χ1n) is 6.27. The van der Waals surface area contributed by atoms with E-state index in [4.69, 9.17) is 4.52 Å². The van der Waals surface area contributed by atoms with Crippen LogP contribution in [0.25, 0.3) is 0 Å². The minimum absolute atomic E-state index is 0.723. The molecule has 0 aromatic carbocycles. The zero-order valence-electron chi connectivity index (χ0n) is 10.7. The maximum absolute atomic E-state index is 5.15. The SMILES string of the molecule is CCCCN(CCCC)Cc1nc(C)no1. The summed E-state index contributed by atoms with van der Waals surface area (Å²) in [7, 11) is 0. The van der Waals surface area contributed by atoms with Crippen molar-refractivity contribution in [1.82, 2.24) is 15.0 Å². The molecule has 0 N–H and O–H groups in total. The van der Waals surface area contributed by atoms with E-state index in [1.165, 1.54) is 25.7 Å². The van der Waals surface area contributed by atoms with Gasteiger partial charge in [0.25, 0.3) is 0 Å². The molecule has 0 radical (unpaired) electrons. The summed E-state index contributed by atoms with van der Waals surface area (Å²) in [6.45, 7) is 9.33. The normalized spacial score (nSPS) is 11.2. The Bertz CT molecular complexity index is 278. The van der Waals surface area contributed by atoms with Crippen molar-refractivity contribution < 1.29 is 4.52 Å². The van der Waals surface area contributed by atoms with Crippen molar-refractivity contribution in [2.24, 2.45) is 0 Å². The van der Waals surface area contributed by atoms with Crippen LogP contribution in [0.4, 0.5) is 0 Å². The number of rotatable bonds is 8. The molecule has 0 aliphatic carbocycles. The highest BCUT2D eigenvalue weighted by Gasteiger charge is 2.09. The number of nitrogens with zero attached hydrogens (tertiary/aromatic N) is 3. The zero-order valence-corrected chi connectivity index (χ0v) is 10.7. The average Bonchev–Trinajstić information content (AvgIpc) is 2.68. The van der Waals surface area contributed by atoms with Crippen LogP contribution in [0.5, 0.6) is 0 Å². The number of hydrogen-bond acceptors (Lipinski definition) is 4. The fourth-order valence-corrected chi connectivity index (χ4v) is 1.63. The molecule has 0 unspecified atom stereocenters. The number of unbranched alkanes of at least 4 members (excludes halogenated alkanes) is 2. The minimum atomic E-state index is 0.723. The zero-order chi connectivity index (χ0) is 11.8. The molecule has 1 heterocycles. The lowest BCUT2D eigenvalue weighted by Crippen LogP contribution is -2.25. The smallest absolute Gasteiger partial charge is 0.240 e. The molecule has 0 saturated carbocycles. The van der Waals surface area contributed by atoms with Gasteiger partial charge in [-0.15, -0.1) is 0 Å². The Labute approximate surface area is 98.0 Å². The highest BCUT2D eigenvalue weighted by Crippen LogP contribution is 2.05. The second kappa shape index (κ2) is 7.39. The largest absolute Gasteiger partial charge is 0.338 e. The molecule has 1 aromatic heterocycles. The molecule has 4 heteroatoms. The predicted molar refractivity (Wildman–Crippen MR) is 64.1 cm³/mol. The Morgan fingerprint density at radius 3 is 2.19 bits per heavy atom. The monoisotopic (exact) mass is 225 g/mol. The predicted octanol–water partition coefficient (Wildman–Crippen LogP) is 2.78. The van der Waals surface area contributed by atoms with Crippen LogP contribution in [0.2, 0.25) is 0 Å². The topological polar surface area (TPSA) is 42.2 Å². The molecule has 0 bridgehead atoms. The number of hydrogen-bond donors (Lipinski definition) is 0. The van der Waals surface area contributed by atoms with Crippen molar-refractivity contribution in [3.63, 3.8) is 0 Å². The van der Waals surface area contributed by atoms with Crippen LogP contribution in [-0.2, 0) is 6.54 Å². The molecular formula is C12H23N3O. The Morgan fingerprint density at radius 1 is 1.12 bits per heavy atom. The van der Waals surface area contributed by atoms with E-state index in [0.29, 0.717) is 0 Å². The van der Waals surface area contributed by atoms with Crippen molar-refractivity contribution in [3.8, 4) is 0 Å². The molecule has 0 saturated heterocycles. The summed E-state index contributed by atoms with van der Waals surface area (Å²) in [5, 5.41) is 3.82. The molecular weight excluding hydrogens is 202 g/mol. The van der Waals surface area contributed by atoms with Crippen LogP contribution >= 0.6 is 0 Å². The second-order valence-corrected chi connectivity index (χ2v) is 4.22. The molecule has 0 aliphatic rings. The van der Waals surface area contributed by atoms with Gasteiger partial charge in [-0.3, -0.25) is 4.90 Å². The van der Waals surface area contributed by atoms with E-state index < -0.39 is 0 Å². The number of aromatic nitrogens is 2. The average molecular weight is 225 g/mol. The van der Waals surface area contributed by atoms with Crippen molar-refractivity contribution in [2.75, 3.05) is 13.1 Å². The third-order valence-corrected chi connectivity index (χ3v) is 2.58. The first-order valence-corrected chi connectivity index (χ1v) is 6.27. The summed E-state index contributed by atoms with van der Waals surface area (Å²) in [6, 6.07) is 0. The molecule has 4 nitrogen and oxygen atoms in total. The summed E-state index contributed by atoms with van der Waals surface area (Å²) in [5.41, 5.74) is 0. The quantitative estimate of drug-likeness (QED) is 0.682. The summed E-state index contributed by atoms with van der Waals surface area (Å²) in [6.07, 6.45) is 4.92. The van der Waals surface area contributed by atoms with E-state index in [9.17, 15) is 0 Å². The lowest BCUT2D eigenvalue weighted by atomic mass is 10.2. The fourth-order valence-electron chi connectivity index (χ4n) is 1.63. The summed E-state index contributed by atoms with van der Waals surface area (Å²) in [5.74, 6) is 1.46. The molecule has 0 fully saturated rings. The third kappa shape index (κ3) is 4.75. The summed E-state index contributed by atoms with van der Waals surface area (Å²) in [4.78, 5) is 6.65. The van der Waals surface area contributed by atoms with E-state index in [1.54, 1.807) is 0 Å². The van der Waals surface area contributed by atoms with Gasteiger partial charge in [0.1, 0.15) is 0 Å². The van der Waals surface area contributed by atoms with Crippen molar-refractivity contribution in [2.45, 2.75) is 53.0 Å². The first-order chi connectivity index (χ1) is 7.76. The van der Waals surface area contributed by atoms with E-state index in [2.05, 4.69) is 28.9 Å². The van der Waals surface area contributed by atoms with E-state index in [1.807, 2.05) is 6.92 Å². The molecule has 1 aromatic rings. The van der Waals surface area contributed by atoms with Crippen LogP contribution in [-0.4, -0.2) is 28.1 Å². The van der Waals surface area contributed by atoms with Crippen LogP contribution in [0.15, 0.2) is 4.52 Å².